The molecule has 0 aromatic heterocycles. The van der Waals surface area contributed by atoms with Crippen molar-refractivity contribution in [3.63, 3.8) is 0 Å². The van der Waals surface area contributed by atoms with Gasteiger partial charge in [0, 0.05) is 46.9 Å². The molecule has 0 saturated heterocycles. The molecule has 0 fully saturated rings. The average Bonchev–Trinajstić information content (AvgIpc) is 1.27. The Kier molecular flexibility index (Phi) is 17.2. The van der Waals surface area contributed by atoms with Gasteiger partial charge < -0.3 is 0 Å². The Hall–Kier alpha value is 1.27. The van der Waals surface area contributed by atoms with Gasteiger partial charge in [-0.25, -0.2) is 0 Å². The van der Waals surface area contributed by atoms with Crippen molar-refractivity contribution in [1.82, 2.24) is 0 Å². The Balaban J connectivity index is -0.000000180. The molecule has 9 heteroatoms. The molecule has 2 atom stereocenters. The van der Waals surface area contributed by atoms with Gasteiger partial charge in [0.05, 0.1) is 0 Å². The van der Waals surface area contributed by atoms with Crippen LogP contribution in [-0.2, 0) is 13.4 Å². The van der Waals surface area contributed by atoms with Crippen LogP contribution < -0.4 is 0 Å². The molecule has 0 amide bonds. The van der Waals surface area contributed by atoms with Crippen LogP contribution in [0.2, 0.25) is 0 Å². The molecular weight excluding hydrogens is 156 g/mol. The molecule has 9 heavy (non-hydrogen) atoms. The summed E-state index contributed by atoms with van der Waals surface area (Å²) in [6, 6.07) is 0. The second-order valence-electron chi connectivity index (χ2n) is 0.557. The molecule has 2 radical (unpaired) electrons. The van der Waals surface area contributed by atoms with E-state index in [0.29, 0.717) is 0 Å². The molecule has 0 rings (SSSR count). The molecule has 0 heterocycles. The van der Waals surface area contributed by atoms with Crippen LogP contribution in [0.5, 0.6) is 0 Å². The van der Waals surface area contributed by atoms with E-state index in [1.54, 1.807) is 0 Å². The normalized spacial score (nSPS) is 10.4. The summed E-state index contributed by atoms with van der Waals surface area (Å²) in [5.74, 6) is 0. The fourth-order valence-corrected chi connectivity index (χ4v) is 0.538. The molecule has 0 saturated carbocycles. The standard InChI is InChI=1S/2Li.O5P2/c;;1-6(2)5-7(3)4/p+2. The van der Waals surface area contributed by atoms with Gasteiger partial charge in [-0.2, -0.15) is 0 Å². The van der Waals surface area contributed by atoms with Gasteiger partial charge in [-0.05, 0) is 0 Å². The zero-order valence-electron chi connectivity index (χ0n) is 5.01. The van der Waals surface area contributed by atoms with E-state index < -0.39 is 16.5 Å². The van der Waals surface area contributed by atoms with Crippen molar-refractivity contribution < 1.29 is 23.2 Å². The van der Waals surface area contributed by atoms with E-state index in [1.807, 2.05) is 0 Å². The third-order valence-electron chi connectivity index (χ3n) is 0.140. The maximum absolute atomic E-state index is 9.39. The molecule has 0 aliphatic carbocycles. The monoisotopic (exact) mass is 158 g/mol. The smallest absolute Gasteiger partial charge is 0.131 e. The van der Waals surface area contributed by atoms with Crippen molar-refractivity contribution in [2.24, 2.45) is 0 Å². The molecule has 2 N–H and O–H groups in total. The predicted molar refractivity (Wildman–Crippen MR) is 32.2 cm³/mol. The molecule has 0 aromatic carbocycles. The van der Waals surface area contributed by atoms with Gasteiger partial charge in [0.2, 0.25) is 0 Å². The maximum atomic E-state index is 9.39. The first kappa shape index (κ1) is 16.7. The Morgan fingerprint density at radius 1 is 1.00 bits per heavy atom. The van der Waals surface area contributed by atoms with Crippen LogP contribution in [0.4, 0.5) is 0 Å². The zero-order valence-corrected chi connectivity index (χ0v) is 6.80. The fourth-order valence-electron chi connectivity index (χ4n) is 0.0598. The molecule has 0 aliphatic heterocycles. The minimum atomic E-state index is -2.92. The fraction of sp³-hybridized carbons (Fsp3) is 0. The summed E-state index contributed by atoms with van der Waals surface area (Å²) >= 11 is 0. The van der Waals surface area contributed by atoms with E-state index in [1.165, 1.54) is 0 Å². The molecule has 5 nitrogen and oxygen atoms in total. The first-order valence-corrected chi connectivity index (χ1v) is 3.39. The molecule has 0 aromatic rings. The zero-order chi connectivity index (χ0) is 5.86. The topological polar surface area (TPSA) is 83.8 Å². The molecule has 0 aliphatic rings. The number of hydrogen-bond donors (Lipinski definition) is 2. The van der Waals surface area contributed by atoms with E-state index in [-0.39, 0.29) is 37.7 Å². The van der Waals surface area contributed by atoms with Crippen LogP contribution in [0, 0.1) is 0 Å². The second kappa shape index (κ2) is 9.27. The van der Waals surface area contributed by atoms with Crippen LogP contribution in [0.1, 0.15) is 0 Å². The van der Waals surface area contributed by atoms with Gasteiger partial charge in [-0.1, -0.05) is 0 Å². The van der Waals surface area contributed by atoms with Gasteiger partial charge in [-0.3, -0.25) is 0 Å². The molecule has 42 valence electrons. The average molecular weight is 158 g/mol. The molecule has 0 spiro atoms. The van der Waals surface area contributed by atoms with E-state index in [4.69, 9.17) is 9.79 Å². The minimum Gasteiger partial charge on any atom is -0.131 e. The maximum Gasteiger partial charge on any atom is 0.745 e. The van der Waals surface area contributed by atoms with Gasteiger partial charge in [-0.15, -0.1) is 9.79 Å². The van der Waals surface area contributed by atoms with Crippen LogP contribution in [0.25, 0.3) is 0 Å². The van der Waals surface area contributed by atoms with Crippen molar-refractivity contribution in [3.8, 4) is 0 Å². The second-order valence-corrected chi connectivity index (χ2v) is 2.16. The van der Waals surface area contributed by atoms with Gasteiger partial charge in [0.15, 0.2) is 4.31 Å². The van der Waals surface area contributed by atoms with Crippen LogP contribution in [-0.4, -0.2) is 47.5 Å². The Morgan fingerprint density at radius 2 is 1.22 bits per heavy atom. The molecular formula is H2Li2O5P2+2. The Labute approximate surface area is 77.4 Å². The third kappa shape index (κ3) is 17.6. The van der Waals surface area contributed by atoms with Gasteiger partial charge in [0.25, 0.3) is 0 Å². The summed E-state index contributed by atoms with van der Waals surface area (Å²) in [6.07, 6.45) is 0. The third-order valence-corrected chi connectivity index (χ3v) is 1.26. The summed E-state index contributed by atoms with van der Waals surface area (Å²) in [5, 5.41) is 0. The van der Waals surface area contributed by atoms with E-state index in [9.17, 15) is 9.13 Å². The largest absolute Gasteiger partial charge is 0.745 e. The SMILES string of the molecule is O=[P+](O)O[P+](=O)O.[Li].[Li]. The summed E-state index contributed by atoms with van der Waals surface area (Å²) in [4.78, 5) is 15.3. The van der Waals surface area contributed by atoms with Gasteiger partial charge in [0.1, 0.15) is 0 Å². The Morgan fingerprint density at radius 3 is 1.22 bits per heavy atom. The van der Waals surface area contributed by atoms with Crippen molar-refractivity contribution in [2.75, 3.05) is 0 Å². The van der Waals surface area contributed by atoms with Gasteiger partial charge >= 0.3 is 16.5 Å². The number of rotatable bonds is 2. The summed E-state index contributed by atoms with van der Waals surface area (Å²) in [7, 11) is -5.85. The predicted octanol–water partition coefficient (Wildman–Crippen LogP) is -0.459. The quantitative estimate of drug-likeness (QED) is 0.419. The summed E-state index contributed by atoms with van der Waals surface area (Å²) < 4.78 is 22.2. The van der Waals surface area contributed by atoms with Crippen molar-refractivity contribution in [2.45, 2.75) is 0 Å². The van der Waals surface area contributed by atoms with Crippen LogP contribution in [0.3, 0.4) is 0 Å². The first-order valence-electron chi connectivity index (χ1n) is 1.13. The summed E-state index contributed by atoms with van der Waals surface area (Å²) in [5.41, 5.74) is 0. The first-order chi connectivity index (χ1) is 3.13. The van der Waals surface area contributed by atoms with Crippen molar-refractivity contribution >= 4 is 54.2 Å². The van der Waals surface area contributed by atoms with E-state index in [2.05, 4.69) is 4.31 Å². The van der Waals surface area contributed by atoms with Crippen LogP contribution in [0.15, 0.2) is 0 Å². The van der Waals surface area contributed by atoms with E-state index in [0.717, 1.165) is 0 Å². The van der Waals surface area contributed by atoms with E-state index >= 15 is 0 Å². The Bertz CT molecular complexity index is 89.1. The summed E-state index contributed by atoms with van der Waals surface area (Å²) in [6.45, 7) is 0. The van der Waals surface area contributed by atoms with Crippen LogP contribution >= 0.6 is 16.5 Å². The number of hydrogen-bond acceptors (Lipinski definition) is 3. The molecule has 2 unspecified atom stereocenters. The minimum absolute atomic E-state index is 0. The van der Waals surface area contributed by atoms with Crippen molar-refractivity contribution in [3.05, 3.63) is 0 Å². The van der Waals surface area contributed by atoms with Crippen molar-refractivity contribution in [1.29, 1.82) is 0 Å². The molecule has 0 bridgehead atoms.